The largest absolute Gasteiger partial charge is 0.283 e. The van der Waals surface area contributed by atoms with Gasteiger partial charge in [0.1, 0.15) is 0 Å². The molecule has 0 atom stereocenters. The van der Waals surface area contributed by atoms with E-state index in [4.69, 9.17) is 0 Å². The maximum Gasteiger partial charge on any atom is 0.283 e. The summed E-state index contributed by atoms with van der Waals surface area (Å²) in [6.45, 7) is 1.12. The molecule has 0 unspecified atom stereocenters. The summed E-state index contributed by atoms with van der Waals surface area (Å²) in [5.74, 6) is 3.30. The fourth-order valence-electron chi connectivity index (χ4n) is 3.01. The predicted octanol–water partition coefficient (Wildman–Crippen LogP) is 3.28. The van der Waals surface area contributed by atoms with E-state index in [2.05, 4.69) is 23.3 Å². The van der Waals surface area contributed by atoms with Gasteiger partial charge in [-0.25, -0.2) is 0 Å². The van der Waals surface area contributed by atoms with Gasteiger partial charge in [0, 0.05) is 23.9 Å². The van der Waals surface area contributed by atoms with E-state index in [-0.39, 0.29) is 0 Å². The van der Waals surface area contributed by atoms with Crippen LogP contribution in [0.25, 0.3) is 0 Å². The van der Waals surface area contributed by atoms with Crippen LogP contribution in [0.4, 0.5) is 0 Å². The van der Waals surface area contributed by atoms with Gasteiger partial charge in [0.25, 0.3) is 10.0 Å². The number of rotatable bonds is 3. The zero-order valence-electron chi connectivity index (χ0n) is 13.6. The highest BCUT2D eigenvalue weighted by Crippen LogP contribution is 2.23. The minimum absolute atomic E-state index is 0.543. The molecule has 4 heteroatoms. The molecule has 124 valence electrons. The summed E-state index contributed by atoms with van der Waals surface area (Å²) in [6, 6.07) is 19.6. The Balaban J connectivity index is 1.59. The van der Waals surface area contributed by atoms with E-state index in [0.29, 0.717) is 19.0 Å². The van der Waals surface area contributed by atoms with Gasteiger partial charge in [-0.15, -0.1) is 0 Å². The molecule has 0 aliphatic carbocycles. The van der Waals surface area contributed by atoms with E-state index in [1.165, 1.54) is 9.87 Å². The Bertz CT molecular complexity index is 812. The summed E-state index contributed by atoms with van der Waals surface area (Å²) in [4.78, 5) is 0. The number of piperidine rings is 1. The molecule has 1 aliphatic heterocycles. The van der Waals surface area contributed by atoms with Gasteiger partial charge in [0.2, 0.25) is 0 Å². The van der Waals surface area contributed by atoms with E-state index in [1.807, 2.05) is 48.5 Å². The standard InChI is InChI=1S/C20H21NO2S/c22-24(23,16-13-18-7-3-1-4-8-18)21-14-11-20(12-15-21)17-19-9-5-2-6-10-19/h1-10,20H,11-12,14-15,17H2. The van der Waals surface area contributed by atoms with Crippen LogP contribution in [0, 0.1) is 17.1 Å². The topological polar surface area (TPSA) is 37.4 Å². The van der Waals surface area contributed by atoms with Crippen molar-refractivity contribution in [2.24, 2.45) is 5.92 Å². The molecule has 0 aromatic heterocycles. The minimum Gasteiger partial charge on any atom is -0.198 e. The fraction of sp³-hybridized carbons (Fsp3) is 0.300. The molecule has 3 rings (SSSR count). The van der Waals surface area contributed by atoms with Crippen LogP contribution in [0.3, 0.4) is 0 Å². The number of benzene rings is 2. The van der Waals surface area contributed by atoms with Gasteiger partial charge in [-0.05, 0) is 48.8 Å². The lowest BCUT2D eigenvalue weighted by Gasteiger charge is -2.29. The van der Waals surface area contributed by atoms with Crippen molar-refractivity contribution in [3.8, 4) is 11.2 Å². The molecule has 2 aromatic carbocycles. The van der Waals surface area contributed by atoms with Gasteiger partial charge in [-0.2, -0.15) is 12.7 Å². The van der Waals surface area contributed by atoms with Crippen LogP contribution in [0.15, 0.2) is 60.7 Å². The van der Waals surface area contributed by atoms with Crippen LogP contribution < -0.4 is 0 Å². The minimum atomic E-state index is -3.51. The predicted molar refractivity (Wildman–Crippen MR) is 96.7 cm³/mol. The van der Waals surface area contributed by atoms with Gasteiger partial charge in [0.05, 0.1) is 0 Å². The molecule has 0 radical (unpaired) electrons. The van der Waals surface area contributed by atoms with Crippen LogP contribution in [0.1, 0.15) is 24.0 Å². The summed E-state index contributed by atoms with van der Waals surface area (Å²) >= 11 is 0. The number of hydrogen-bond donors (Lipinski definition) is 0. The Labute approximate surface area is 144 Å². The third kappa shape index (κ3) is 4.47. The first-order valence-electron chi connectivity index (χ1n) is 8.25. The van der Waals surface area contributed by atoms with Crippen molar-refractivity contribution in [1.29, 1.82) is 0 Å². The highest BCUT2D eigenvalue weighted by Gasteiger charge is 2.26. The van der Waals surface area contributed by atoms with Crippen molar-refractivity contribution in [3.05, 3.63) is 71.8 Å². The molecule has 3 nitrogen and oxygen atoms in total. The molecular weight excluding hydrogens is 318 g/mol. The quantitative estimate of drug-likeness (QED) is 0.805. The molecule has 24 heavy (non-hydrogen) atoms. The van der Waals surface area contributed by atoms with Gasteiger partial charge >= 0.3 is 0 Å². The Morgan fingerprint density at radius 1 is 0.917 bits per heavy atom. The maximum absolute atomic E-state index is 12.4. The highest BCUT2D eigenvalue weighted by atomic mass is 32.2. The zero-order valence-corrected chi connectivity index (χ0v) is 14.4. The molecule has 1 saturated heterocycles. The molecule has 0 spiro atoms. The summed E-state index contributed by atoms with van der Waals surface area (Å²) in [5, 5.41) is 2.46. The van der Waals surface area contributed by atoms with Crippen LogP contribution in [-0.4, -0.2) is 25.8 Å². The van der Waals surface area contributed by atoms with E-state index in [1.54, 1.807) is 0 Å². The molecule has 0 amide bonds. The average Bonchev–Trinajstić information content (AvgIpc) is 2.62. The third-order valence-corrected chi connectivity index (χ3v) is 5.78. The second-order valence-corrected chi connectivity index (χ2v) is 7.80. The third-order valence-electron chi connectivity index (χ3n) is 4.38. The van der Waals surface area contributed by atoms with Gasteiger partial charge in [-0.1, -0.05) is 48.5 Å². The van der Waals surface area contributed by atoms with Crippen LogP contribution in [0.5, 0.6) is 0 Å². The van der Waals surface area contributed by atoms with Gasteiger partial charge in [-0.3, -0.25) is 0 Å². The Hall–Kier alpha value is -2.09. The van der Waals surface area contributed by atoms with Crippen LogP contribution >= 0.6 is 0 Å². The number of hydrogen-bond acceptors (Lipinski definition) is 2. The van der Waals surface area contributed by atoms with Gasteiger partial charge in [0.15, 0.2) is 0 Å². The smallest absolute Gasteiger partial charge is 0.198 e. The van der Waals surface area contributed by atoms with E-state index in [0.717, 1.165) is 24.8 Å². The first kappa shape index (κ1) is 16.8. The second-order valence-electron chi connectivity index (χ2n) is 6.13. The second kappa shape index (κ2) is 7.65. The zero-order chi connectivity index (χ0) is 16.8. The molecule has 0 bridgehead atoms. The highest BCUT2D eigenvalue weighted by molar-refractivity contribution is 7.93. The molecule has 1 heterocycles. The van der Waals surface area contributed by atoms with E-state index in [9.17, 15) is 8.42 Å². The Morgan fingerprint density at radius 2 is 1.50 bits per heavy atom. The SMILES string of the molecule is O=S(=O)(C#Cc1ccccc1)N1CCC(Cc2ccccc2)CC1. The first-order valence-corrected chi connectivity index (χ1v) is 9.69. The van der Waals surface area contributed by atoms with Crippen LogP contribution in [-0.2, 0) is 16.4 Å². The molecule has 0 N–H and O–H groups in total. The Kier molecular flexibility index (Phi) is 5.34. The average molecular weight is 339 g/mol. The molecule has 1 fully saturated rings. The lowest BCUT2D eigenvalue weighted by molar-refractivity contribution is 0.275. The molecular formula is C20H21NO2S. The molecule has 1 aliphatic rings. The van der Waals surface area contributed by atoms with E-state index < -0.39 is 10.0 Å². The van der Waals surface area contributed by atoms with Crippen molar-refractivity contribution < 1.29 is 8.42 Å². The van der Waals surface area contributed by atoms with E-state index >= 15 is 0 Å². The van der Waals surface area contributed by atoms with Crippen molar-refractivity contribution >= 4 is 10.0 Å². The Morgan fingerprint density at radius 3 is 2.12 bits per heavy atom. The lowest BCUT2D eigenvalue weighted by atomic mass is 9.91. The molecule has 0 saturated carbocycles. The monoisotopic (exact) mass is 339 g/mol. The number of nitrogens with zero attached hydrogens (tertiary/aromatic N) is 1. The molecule has 2 aromatic rings. The summed E-state index contributed by atoms with van der Waals surface area (Å²) in [5.41, 5.74) is 2.04. The summed E-state index contributed by atoms with van der Waals surface area (Å²) in [7, 11) is -3.51. The maximum atomic E-state index is 12.4. The van der Waals surface area contributed by atoms with Crippen LogP contribution in [0.2, 0.25) is 0 Å². The van der Waals surface area contributed by atoms with Crippen molar-refractivity contribution in [3.63, 3.8) is 0 Å². The van der Waals surface area contributed by atoms with Gasteiger partial charge < -0.3 is 0 Å². The van der Waals surface area contributed by atoms with Crippen molar-refractivity contribution in [2.45, 2.75) is 19.3 Å². The first-order chi connectivity index (χ1) is 11.6. The summed E-state index contributed by atoms with van der Waals surface area (Å²) in [6.07, 6.45) is 2.80. The lowest BCUT2D eigenvalue weighted by Crippen LogP contribution is -2.38. The van der Waals surface area contributed by atoms with Crippen molar-refractivity contribution in [1.82, 2.24) is 4.31 Å². The van der Waals surface area contributed by atoms with Crippen molar-refractivity contribution in [2.75, 3.05) is 13.1 Å². The number of sulfonamides is 1. The summed E-state index contributed by atoms with van der Waals surface area (Å²) < 4.78 is 26.3. The fourth-order valence-corrected chi connectivity index (χ4v) is 4.08. The normalized spacial score (nSPS) is 16.3.